The van der Waals surface area contributed by atoms with Crippen molar-refractivity contribution in [1.29, 1.82) is 0 Å². The lowest BCUT2D eigenvalue weighted by molar-refractivity contribution is 0.265. The zero-order valence-corrected chi connectivity index (χ0v) is 9.70. The van der Waals surface area contributed by atoms with E-state index >= 15 is 0 Å². The molecule has 0 aliphatic heterocycles. The van der Waals surface area contributed by atoms with Gasteiger partial charge in [0.05, 0.1) is 6.54 Å². The number of thiophene rings is 1. The quantitative estimate of drug-likeness (QED) is 0.716. The standard InChI is InChI=1S/C11H15N3OS/c15-6-3-9(10-2-1-7-16-10)14-8-11-12-4-5-13-11/h1-2,4-5,7,9,14-15H,3,6,8H2,(H,12,13). The lowest BCUT2D eigenvalue weighted by Crippen LogP contribution is -2.21. The number of hydrogen-bond donors (Lipinski definition) is 3. The summed E-state index contributed by atoms with van der Waals surface area (Å²) in [5.74, 6) is 0.916. The molecule has 0 saturated carbocycles. The van der Waals surface area contributed by atoms with Gasteiger partial charge in [-0.15, -0.1) is 11.3 Å². The van der Waals surface area contributed by atoms with Crippen LogP contribution in [0.2, 0.25) is 0 Å². The van der Waals surface area contributed by atoms with Crippen LogP contribution in [0.15, 0.2) is 29.9 Å². The van der Waals surface area contributed by atoms with Gasteiger partial charge < -0.3 is 15.4 Å². The summed E-state index contributed by atoms with van der Waals surface area (Å²) in [6.45, 7) is 0.878. The Balaban J connectivity index is 1.93. The second kappa shape index (κ2) is 5.79. The SMILES string of the molecule is OCCC(NCc1ncc[nH]1)c1cccs1. The second-order valence-corrected chi connectivity index (χ2v) is 4.48. The summed E-state index contributed by atoms with van der Waals surface area (Å²) in [5, 5.41) is 14.5. The van der Waals surface area contributed by atoms with Crippen molar-refractivity contribution in [3.8, 4) is 0 Å². The summed E-state index contributed by atoms with van der Waals surface area (Å²) < 4.78 is 0. The van der Waals surface area contributed by atoms with Gasteiger partial charge in [-0.2, -0.15) is 0 Å². The fraction of sp³-hybridized carbons (Fsp3) is 0.364. The largest absolute Gasteiger partial charge is 0.396 e. The monoisotopic (exact) mass is 237 g/mol. The lowest BCUT2D eigenvalue weighted by Gasteiger charge is -2.15. The third-order valence-electron chi connectivity index (χ3n) is 2.38. The molecule has 5 heteroatoms. The number of aliphatic hydroxyl groups is 1. The van der Waals surface area contributed by atoms with Crippen LogP contribution in [-0.2, 0) is 6.54 Å². The second-order valence-electron chi connectivity index (χ2n) is 3.50. The maximum Gasteiger partial charge on any atom is 0.120 e. The molecule has 0 aromatic carbocycles. The van der Waals surface area contributed by atoms with Gasteiger partial charge in [-0.25, -0.2) is 4.98 Å². The molecular weight excluding hydrogens is 222 g/mol. The molecule has 4 nitrogen and oxygen atoms in total. The minimum Gasteiger partial charge on any atom is -0.396 e. The van der Waals surface area contributed by atoms with Gasteiger partial charge in [-0.1, -0.05) is 6.07 Å². The molecule has 2 aromatic heterocycles. The zero-order valence-electron chi connectivity index (χ0n) is 8.89. The molecule has 1 unspecified atom stereocenters. The predicted octanol–water partition coefficient (Wildman–Crippen LogP) is 1.68. The number of nitrogens with one attached hydrogen (secondary N) is 2. The van der Waals surface area contributed by atoms with Gasteiger partial charge in [0.15, 0.2) is 0 Å². The summed E-state index contributed by atoms with van der Waals surface area (Å²) in [6.07, 6.45) is 4.27. The summed E-state index contributed by atoms with van der Waals surface area (Å²) in [4.78, 5) is 8.45. The van der Waals surface area contributed by atoms with Gasteiger partial charge in [0.25, 0.3) is 0 Å². The topological polar surface area (TPSA) is 60.9 Å². The smallest absolute Gasteiger partial charge is 0.120 e. The average Bonchev–Trinajstić information content (AvgIpc) is 2.96. The van der Waals surface area contributed by atoms with Gasteiger partial charge in [0.2, 0.25) is 0 Å². The van der Waals surface area contributed by atoms with Crippen molar-refractivity contribution >= 4 is 11.3 Å². The van der Waals surface area contributed by atoms with E-state index < -0.39 is 0 Å². The van der Waals surface area contributed by atoms with Crippen LogP contribution in [0.3, 0.4) is 0 Å². The van der Waals surface area contributed by atoms with Crippen LogP contribution in [0.5, 0.6) is 0 Å². The Morgan fingerprint density at radius 1 is 1.56 bits per heavy atom. The molecule has 0 aliphatic carbocycles. The Hall–Kier alpha value is -1.17. The van der Waals surface area contributed by atoms with E-state index in [9.17, 15) is 0 Å². The highest BCUT2D eigenvalue weighted by Crippen LogP contribution is 2.21. The molecule has 2 aromatic rings. The minimum atomic E-state index is 0.188. The third-order valence-corrected chi connectivity index (χ3v) is 3.36. The number of rotatable bonds is 6. The molecular formula is C11H15N3OS. The van der Waals surface area contributed by atoms with Crippen molar-refractivity contribution in [3.63, 3.8) is 0 Å². The molecule has 0 fully saturated rings. The Labute approximate surface area is 98.4 Å². The Morgan fingerprint density at radius 2 is 2.50 bits per heavy atom. The molecule has 0 spiro atoms. The molecule has 0 bridgehead atoms. The highest BCUT2D eigenvalue weighted by atomic mass is 32.1. The summed E-state index contributed by atoms with van der Waals surface area (Å²) in [7, 11) is 0. The molecule has 0 saturated heterocycles. The first kappa shape index (κ1) is 11.3. The van der Waals surface area contributed by atoms with Crippen molar-refractivity contribution in [2.75, 3.05) is 6.61 Å². The zero-order chi connectivity index (χ0) is 11.2. The first-order valence-corrected chi connectivity index (χ1v) is 6.14. The molecule has 1 atom stereocenters. The van der Waals surface area contributed by atoms with E-state index in [0.29, 0.717) is 6.54 Å². The van der Waals surface area contributed by atoms with Gasteiger partial charge in [0.1, 0.15) is 5.82 Å². The van der Waals surface area contributed by atoms with Crippen LogP contribution >= 0.6 is 11.3 Å². The fourth-order valence-corrected chi connectivity index (χ4v) is 2.41. The van der Waals surface area contributed by atoms with Gasteiger partial charge in [-0.3, -0.25) is 0 Å². The third kappa shape index (κ3) is 2.91. The van der Waals surface area contributed by atoms with Crippen LogP contribution in [0.25, 0.3) is 0 Å². The van der Waals surface area contributed by atoms with Gasteiger partial charge in [0, 0.05) is 29.9 Å². The normalized spacial score (nSPS) is 12.8. The van der Waals surface area contributed by atoms with Gasteiger partial charge in [-0.05, 0) is 17.9 Å². The summed E-state index contributed by atoms with van der Waals surface area (Å²) >= 11 is 1.70. The van der Waals surface area contributed by atoms with E-state index in [-0.39, 0.29) is 12.6 Å². The first-order valence-electron chi connectivity index (χ1n) is 5.26. The fourth-order valence-electron chi connectivity index (χ4n) is 1.58. The maximum atomic E-state index is 9.03. The molecule has 0 amide bonds. The highest BCUT2D eigenvalue weighted by Gasteiger charge is 2.11. The van der Waals surface area contributed by atoms with Crippen LogP contribution in [-0.4, -0.2) is 21.7 Å². The number of H-pyrrole nitrogens is 1. The van der Waals surface area contributed by atoms with Crippen molar-refractivity contribution < 1.29 is 5.11 Å². The average molecular weight is 237 g/mol. The number of imidazole rings is 1. The van der Waals surface area contributed by atoms with E-state index in [1.165, 1.54) is 4.88 Å². The number of aromatic nitrogens is 2. The molecule has 0 radical (unpaired) electrons. The molecule has 86 valence electrons. The van der Waals surface area contributed by atoms with Crippen molar-refractivity contribution in [2.45, 2.75) is 19.0 Å². The van der Waals surface area contributed by atoms with Crippen LogP contribution in [0.4, 0.5) is 0 Å². The number of nitrogens with zero attached hydrogens (tertiary/aromatic N) is 1. The van der Waals surface area contributed by atoms with Crippen LogP contribution in [0.1, 0.15) is 23.2 Å². The number of aromatic amines is 1. The first-order chi connectivity index (χ1) is 7.90. The molecule has 2 heterocycles. The number of aliphatic hydroxyl groups excluding tert-OH is 1. The van der Waals surface area contributed by atoms with Crippen LogP contribution < -0.4 is 5.32 Å². The Bertz CT molecular complexity index is 385. The van der Waals surface area contributed by atoms with Crippen LogP contribution in [0, 0.1) is 0 Å². The summed E-state index contributed by atoms with van der Waals surface area (Å²) in [5.41, 5.74) is 0. The lowest BCUT2D eigenvalue weighted by atomic mass is 10.2. The minimum absolute atomic E-state index is 0.188. The Morgan fingerprint density at radius 3 is 3.12 bits per heavy atom. The Kier molecular flexibility index (Phi) is 4.10. The molecule has 2 rings (SSSR count). The van der Waals surface area contributed by atoms with Crippen molar-refractivity contribution in [1.82, 2.24) is 15.3 Å². The van der Waals surface area contributed by atoms with Crippen molar-refractivity contribution in [3.05, 3.63) is 40.6 Å². The number of hydrogen-bond acceptors (Lipinski definition) is 4. The van der Waals surface area contributed by atoms with E-state index in [4.69, 9.17) is 5.11 Å². The summed E-state index contributed by atoms with van der Waals surface area (Å²) in [6, 6.07) is 4.31. The van der Waals surface area contributed by atoms with E-state index in [1.54, 1.807) is 17.5 Å². The van der Waals surface area contributed by atoms with E-state index in [0.717, 1.165) is 12.2 Å². The van der Waals surface area contributed by atoms with E-state index in [2.05, 4.69) is 21.4 Å². The molecule has 16 heavy (non-hydrogen) atoms. The molecule has 0 aliphatic rings. The molecule has 3 N–H and O–H groups in total. The predicted molar refractivity (Wildman–Crippen MR) is 64.2 cm³/mol. The highest BCUT2D eigenvalue weighted by molar-refractivity contribution is 7.10. The van der Waals surface area contributed by atoms with E-state index in [1.807, 2.05) is 17.6 Å². The van der Waals surface area contributed by atoms with Crippen molar-refractivity contribution in [2.24, 2.45) is 0 Å². The van der Waals surface area contributed by atoms with Gasteiger partial charge >= 0.3 is 0 Å². The maximum absolute atomic E-state index is 9.03.